The van der Waals surface area contributed by atoms with Gasteiger partial charge in [0.1, 0.15) is 16.3 Å². The summed E-state index contributed by atoms with van der Waals surface area (Å²) in [6.07, 6.45) is 2.33. The molecule has 3 aromatic rings. The van der Waals surface area contributed by atoms with Crippen molar-refractivity contribution in [3.8, 4) is 17.2 Å². The number of ether oxygens (including phenoxy) is 2. The molecule has 0 atom stereocenters. The van der Waals surface area contributed by atoms with Crippen molar-refractivity contribution < 1.29 is 14.3 Å². The Morgan fingerprint density at radius 1 is 1.19 bits per heavy atom. The SMILES string of the molecule is CCCCn1c(=O)n(-c2ccc(OC)cc2OC)c(=O)c2c3c(sc21)CN(C(C)=O)CC3. The van der Waals surface area contributed by atoms with Crippen molar-refractivity contribution in [2.24, 2.45) is 0 Å². The summed E-state index contributed by atoms with van der Waals surface area (Å²) in [5.41, 5.74) is 0.590. The summed E-state index contributed by atoms with van der Waals surface area (Å²) < 4.78 is 13.7. The number of methoxy groups -OCH3 is 2. The van der Waals surface area contributed by atoms with Gasteiger partial charge in [0, 0.05) is 31.0 Å². The lowest BCUT2D eigenvalue weighted by atomic mass is 10.1. The van der Waals surface area contributed by atoms with Gasteiger partial charge in [-0.15, -0.1) is 11.3 Å². The van der Waals surface area contributed by atoms with E-state index in [2.05, 4.69) is 6.92 Å². The monoisotopic (exact) mass is 457 g/mol. The van der Waals surface area contributed by atoms with Gasteiger partial charge in [0.15, 0.2) is 0 Å². The average molecular weight is 458 g/mol. The van der Waals surface area contributed by atoms with E-state index in [1.165, 1.54) is 23.0 Å². The summed E-state index contributed by atoms with van der Waals surface area (Å²) in [6.45, 7) is 5.17. The van der Waals surface area contributed by atoms with Gasteiger partial charge in [0.25, 0.3) is 5.56 Å². The van der Waals surface area contributed by atoms with Crippen LogP contribution in [0.5, 0.6) is 11.5 Å². The fraction of sp³-hybridized carbons (Fsp3) is 0.435. The van der Waals surface area contributed by atoms with Crippen LogP contribution in [-0.2, 0) is 24.3 Å². The van der Waals surface area contributed by atoms with Gasteiger partial charge < -0.3 is 14.4 Å². The quantitative estimate of drug-likeness (QED) is 0.568. The molecule has 170 valence electrons. The second kappa shape index (κ2) is 8.82. The molecule has 0 saturated heterocycles. The fourth-order valence-corrected chi connectivity index (χ4v) is 5.54. The number of fused-ring (bicyclic) bond motifs is 3. The smallest absolute Gasteiger partial charge is 0.336 e. The van der Waals surface area contributed by atoms with Crippen molar-refractivity contribution in [2.45, 2.75) is 46.2 Å². The number of hydrogen-bond acceptors (Lipinski definition) is 6. The Morgan fingerprint density at radius 3 is 2.62 bits per heavy atom. The molecule has 8 nitrogen and oxygen atoms in total. The zero-order chi connectivity index (χ0) is 23.0. The number of amides is 1. The number of benzene rings is 1. The molecular formula is C23H27N3O5S. The summed E-state index contributed by atoms with van der Waals surface area (Å²) in [5, 5.41) is 0.571. The van der Waals surface area contributed by atoms with Crippen molar-refractivity contribution >= 4 is 27.5 Å². The molecule has 0 spiro atoms. The van der Waals surface area contributed by atoms with E-state index in [1.54, 1.807) is 41.7 Å². The Morgan fingerprint density at radius 2 is 1.97 bits per heavy atom. The van der Waals surface area contributed by atoms with Gasteiger partial charge in [-0.1, -0.05) is 13.3 Å². The predicted octanol–water partition coefficient (Wildman–Crippen LogP) is 2.94. The van der Waals surface area contributed by atoms with Gasteiger partial charge in [0.2, 0.25) is 5.91 Å². The molecular weight excluding hydrogens is 430 g/mol. The van der Waals surface area contributed by atoms with Crippen LogP contribution in [0, 0.1) is 0 Å². The molecule has 0 radical (unpaired) electrons. The maximum absolute atomic E-state index is 13.7. The number of unbranched alkanes of at least 4 members (excludes halogenated alkanes) is 1. The first-order valence-electron chi connectivity index (χ1n) is 10.7. The molecule has 0 N–H and O–H groups in total. The van der Waals surface area contributed by atoms with Crippen LogP contribution in [0.4, 0.5) is 0 Å². The number of nitrogens with zero attached hydrogens (tertiary/aromatic N) is 3. The minimum atomic E-state index is -0.388. The maximum atomic E-state index is 13.7. The molecule has 1 aromatic carbocycles. The molecule has 0 fully saturated rings. The number of carbonyl (C=O) groups is 1. The Hall–Kier alpha value is -3.07. The molecule has 1 amide bonds. The number of aromatic nitrogens is 2. The molecule has 1 aliphatic rings. The van der Waals surface area contributed by atoms with Crippen molar-refractivity contribution in [3.63, 3.8) is 0 Å². The molecule has 32 heavy (non-hydrogen) atoms. The lowest BCUT2D eigenvalue weighted by molar-refractivity contribution is -0.129. The number of rotatable bonds is 6. The van der Waals surface area contributed by atoms with Crippen LogP contribution < -0.4 is 20.7 Å². The third kappa shape index (κ3) is 3.60. The minimum absolute atomic E-state index is 0.0110. The molecule has 0 saturated carbocycles. The summed E-state index contributed by atoms with van der Waals surface area (Å²) in [6, 6.07) is 5.04. The zero-order valence-electron chi connectivity index (χ0n) is 18.8. The van der Waals surface area contributed by atoms with E-state index in [4.69, 9.17) is 9.47 Å². The van der Waals surface area contributed by atoms with Crippen LogP contribution in [0.15, 0.2) is 27.8 Å². The highest BCUT2D eigenvalue weighted by molar-refractivity contribution is 7.18. The molecule has 0 bridgehead atoms. The fourth-order valence-electron chi connectivity index (χ4n) is 4.17. The number of carbonyl (C=O) groups excluding carboxylic acids is 1. The molecule has 0 unspecified atom stereocenters. The van der Waals surface area contributed by atoms with E-state index >= 15 is 0 Å². The highest BCUT2D eigenvalue weighted by Crippen LogP contribution is 2.34. The van der Waals surface area contributed by atoms with E-state index in [-0.39, 0.29) is 17.2 Å². The van der Waals surface area contributed by atoms with Gasteiger partial charge in [-0.05, 0) is 30.5 Å². The number of thiophene rings is 1. The molecule has 0 aliphatic carbocycles. The van der Waals surface area contributed by atoms with Crippen molar-refractivity contribution in [3.05, 3.63) is 49.5 Å². The Bertz CT molecular complexity index is 1300. The van der Waals surface area contributed by atoms with Crippen LogP contribution in [0.3, 0.4) is 0 Å². The van der Waals surface area contributed by atoms with Gasteiger partial charge >= 0.3 is 5.69 Å². The van der Waals surface area contributed by atoms with Crippen LogP contribution in [0.2, 0.25) is 0 Å². The third-order valence-electron chi connectivity index (χ3n) is 5.93. The first-order valence-corrected chi connectivity index (χ1v) is 11.5. The van der Waals surface area contributed by atoms with Gasteiger partial charge in [-0.3, -0.25) is 14.2 Å². The van der Waals surface area contributed by atoms with Crippen molar-refractivity contribution in [1.29, 1.82) is 0 Å². The number of aryl methyl sites for hydroxylation is 1. The summed E-state index contributed by atoms with van der Waals surface area (Å²) in [7, 11) is 3.05. The normalized spacial score (nSPS) is 13.3. The lowest BCUT2D eigenvalue weighted by Gasteiger charge is -2.25. The van der Waals surface area contributed by atoms with E-state index in [1.807, 2.05) is 0 Å². The molecule has 3 heterocycles. The summed E-state index contributed by atoms with van der Waals surface area (Å²) in [5.74, 6) is 0.969. The van der Waals surface area contributed by atoms with Gasteiger partial charge in [-0.25, -0.2) is 9.36 Å². The highest BCUT2D eigenvalue weighted by atomic mass is 32.1. The first-order chi connectivity index (χ1) is 15.4. The van der Waals surface area contributed by atoms with Crippen LogP contribution in [0.25, 0.3) is 15.9 Å². The van der Waals surface area contributed by atoms with Gasteiger partial charge in [-0.2, -0.15) is 0 Å². The second-order valence-electron chi connectivity index (χ2n) is 7.84. The second-order valence-corrected chi connectivity index (χ2v) is 8.92. The number of hydrogen-bond donors (Lipinski definition) is 0. The Balaban J connectivity index is 2.03. The van der Waals surface area contributed by atoms with Crippen molar-refractivity contribution in [2.75, 3.05) is 20.8 Å². The standard InChI is InChI=1S/C23H27N3O5S/c1-5-6-10-25-22-20(16-9-11-24(14(2)27)13-19(16)32-22)21(28)26(23(25)29)17-8-7-15(30-3)12-18(17)31-4/h7-8,12H,5-6,9-11,13H2,1-4H3. The maximum Gasteiger partial charge on any atom is 0.336 e. The third-order valence-corrected chi connectivity index (χ3v) is 7.17. The average Bonchev–Trinajstić information content (AvgIpc) is 3.17. The van der Waals surface area contributed by atoms with E-state index < -0.39 is 0 Å². The van der Waals surface area contributed by atoms with Crippen LogP contribution >= 0.6 is 11.3 Å². The van der Waals surface area contributed by atoms with E-state index in [0.29, 0.717) is 53.5 Å². The van der Waals surface area contributed by atoms with E-state index in [9.17, 15) is 14.4 Å². The van der Waals surface area contributed by atoms with E-state index in [0.717, 1.165) is 23.3 Å². The summed E-state index contributed by atoms with van der Waals surface area (Å²) >= 11 is 1.45. The molecule has 9 heteroatoms. The Kier molecular flexibility index (Phi) is 6.10. The van der Waals surface area contributed by atoms with Crippen LogP contribution in [-0.4, -0.2) is 40.7 Å². The largest absolute Gasteiger partial charge is 0.497 e. The minimum Gasteiger partial charge on any atom is -0.497 e. The predicted molar refractivity (Wildman–Crippen MR) is 124 cm³/mol. The zero-order valence-corrected chi connectivity index (χ0v) is 19.6. The van der Waals surface area contributed by atoms with Crippen LogP contribution in [0.1, 0.15) is 37.1 Å². The first kappa shape index (κ1) is 22.1. The Labute approximate surface area is 189 Å². The molecule has 2 aromatic heterocycles. The lowest BCUT2D eigenvalue weighted by Crippen LogP contribution is -2.39. The molecule has 1 aliphatic heterocycles. The highest BCUT2D eigenvalue weighted by Gasteiger charge is 2.28. The molecule has 4 rings (SSSR count). The summed E-state index contributed by atoms with van der Waals surface area (Å²) in [4.78, 5) is 42.7. The van der Waals surface area contributed by atoms with Gasteiger partial charge in [0.05, 0.1) is 31.8 Å². The topological polar surface area (TPSA) is 82.8 Å². The van der Waals surface area contributed by atoms with Crippen molar-refractivity contribution in [1.82, 2.24) is 14.0 Å².